The zero-order valence-electron chi connectivity index (χ0n) is 22.3. The molecule has 3 aliphatic heterocycles. The SMILES string of the molecule is C=CCN1C(=O)NC(c2cccc(OCc3ccccc3)c2)C2=C1CN(CCCN1CCCCC1C)C2=O. The zero-order valence-corrected chi connectivity index (χ0v) is 22.3. The fraction of sp³-hybridized carbons (Fsp3) is 0.419. The second-order valence-corrected chi connectivity index (χ2v) is 10.4. The van der Waals surface area contributed by atoms with Crippen LogP contribution in [0.3, 0.4) is 0 Å². The number of nitrogens with one attached hydrogen (secondary N) is 1. The van der Waals surface area contributed by atoms with Gasteiger partial charge in [-0.25, -0.2) is 4.79 Å². The Balaban J connectivity index is 1.32. The molecule has 7 heteroatoms. The third kappa shape index (κ3) is 5.63. The van der Waals surface area contributed by atoms with E-state index in [-0.39, 0.29) is 11.9 Å². The summed E-state index contributed by atoms with van der Waals surface area (Å²) in [7, 11) is 0. The van der Waals surface area contributed by atoms with Gasteiger partial charge in [0.25, 0.3) is 5.91 Å². The van der Waals surface area contributed by atoms with Crippen LogP contribution in [-0.2, 0) is 11.4 Å². The maximum absolute atomic E-state index is 13.7. The van der Waals surface area contributed by atoms with Crippen molar-refractivity contribution in [2.24, 2.45) is 0 Å². The van der Waals surface area contributed by atoms with Gasteiger partial charge in [-0.2, -0.15) is 0 Å². The molecule has 0 aliphatic carbocycles. The Morgan fingerprint density at radius 3 is 2.71 bits per heavy atom. The van der Waals surface area contributed by atoms with Gasteiger partial charge in [0.2, 0.25) is 0 Å². The normalized spacial score (nSPS) is 21.9. The first kappa shape index (κ1) is 26.0. The summed E-state index contributed by atoms with van der Waals surface area (Å²) in [6.45, 7) is 10.2. The molecule has 38 heavy (non-hydrogen) atoms. The maximum atomic E-state index is 13.7. The van der Waals surface area contributed by atoms with Gasteiger partial charge in [-0.1, -0.05) is 55.0 Å². The monoisotopic (exact) mass is 514 g/mol. The molecule has 1 fully saturated rings. The summed E-state index contributed by atoms with van der Waals surface area (Å²) in [5.74, 6) is 0.704. The van der Waals surface area contributed by atoms with Gasteiger partial charge < -0.3 is 19.9 Å². The van der Waals surface area contributed by atoms with E-state index in [4.69, 9.17) is 4.74 Å². The van der Waals surface area contributed by atoms with Crippen LogP contribution in [0.5, 0.6) is 5.75 Å². The van der Waals surface area contributed by atoms with E-state index < -0.39 is 6.04 Å². The van der Waals surface area contributed by atoms with Crippen molar-refractivity contribution in [1.29, 1.82) is 0 Å². The zero-order chi connectivity index (χ0) is 26.5. The minimum Gasteiger partial charge on any atom is -0.489 e. The van der Waals surface area contributed by atoms with Gasteiger partial charge in [-0.3, -0.25) is 9.69 Å². The van der Waals surface area contributed by atoms with Gasteiger partial charge in [0, 0.05) is 25.7 Å². The van der Waals surface area contributed by atoms with Gasteiger partial charge in [0.1, 0.15) is 12.4 Å². The summed E-state index contributed by atoms with van der Waals surface area (Å²) in [6.07, 6.45) is 6.43. The standard InChI is InChI=1S/C31H38N4O3/c1-3-16-35-27-21-34(19-10-18-33-17-8-7-11-23(33)2)30(36)28(27)29(32-31(35)37)25-14-9-15-26(20-25)38-22-24-12-5-4-6-13-24/h3-6,9,12-15,20,23,29H,1,7-8,10-11,16-19,21-22H2,2H3,(H,32,37). The van der Waals surface area contributed by atoms with E-state index in [1.807, 2.05) is 59.5 Å². The molecule has 0 saturated carbocycles. The number of rotatable bonds is 10. The van der Waals surface area contributed by atoms with Crippen LogP contribution in [-0.4, -0.2) is 65.4 Å². The molecule has 3 aliphatic rings. The number of carbonyl (C=O) groups is 2. The lowest BCUT2D eigenvalue weighted by Crippen LogP contribution is -2.47. The van der Waals surface area contributed by atoms with E-state index in [9.17, 15) is 9.59 Å². The van der Waals surface area contributed by atoms with Crippen LogP contribution in [0.4, 0.5) is 4.79 Å². The molecule has 2 unspecified atom stereocenters. The molecule has 2 atom stereocenters. The fourth-order valence-corrected chi connectivity index (χ4v) is 5.78. The molecule has 1 saturated heterocycles. The first-order valence-electron chi connectivity index (χ1n) is 13.8. The van der Waals surface area contributed by atoms with Crippen LogP contribution < -0.4 is 10.1 Å². The highest BCUT2D eigenvalue weighted by Crippen LogP contribution is 2.37. The number of likely N-dealkylation sites (tertiary alicyclic amines) is 1. The van der Waals surface area contributed by atoms with Crippen molar-refractivity contribution >= 4 is 11.9 Å². The van der Waals surface area contributed by atoms with Gasteiger partial charge >= 0.3 is 6.03 Å². The lowest BCUT2D eigenvalue weighted by atomic mass is 9.95. The Hall–Kier alpha value is -3.58. The van der Waals surface area contributed by atoms with Crippen LogP contribution in [0.15, 0.2) is 78.5 Å². The topological polar surface area (TPSA) is 65.1 Å². The highest BCUT2D eigenvalue weighted by Gasteiger charge is 2.43. The number of carbonyl (C=O) groups excluding carboxylic acids is 2. The fourth-order valence-electron chi connectivity index (χ4n) is 5.78. The molecule has 0 spiro atoms. The molecule has 0 radical (unpaired) electrons. The van der Waals surface area contributed by atoms with Gasteiger partial charge in [-0.05, 0) is 56.0 Å². The van der Waals surface area contributed by atoms with Crippen molar-refractivity contribution in [2.75, 3.05) is 32.7 Å². The molecule has 1 N–H and O–H groups in total. The van der Waals surface area contributed by atoms with Crippen LogP contribution in [0.1, 0.15) is 49.8 Å². The third-order valence-electron chi connectivity index (χ3n) is 7.86. The quantitative estimate of drug-likeness (QED) is 0.459. The number of hydrogen-bond acceptors (Lipinski definition) is 4. The summed E-state index contributed by atoms with van der Waals surface area (Å²) in [5, 5.41) is 3.07. The smallest absolute Gasteiger partial charge is 0.322 e. The van der Waals surface area contributed by atoms with Crippen molar-refractivity contribution in [3.63, 3.8) is 0 Å². The van der Waals surface area contributed by atoms with Crippen molar-refractivity contribution in [2.45, 2.75) is 51.3 Å². The Kier molecular flexibility index (Phi) is 8.13. The van der Waals surface area contributed by atoms with Gasteiger partial charge in [-0.15, -0.1) is 6.58 Å². The van der Waals surface area contributed by atoms with Gasteiger partial charge in [0.05, 0.1) is 23.9 Å². The minimum absolute atomic E-state index is 0.00126. The first-order valence-corrected chi connectivity index (χ1v) is 13.8. The van der Waals surface area contributed by atoms with E-state index in [0.29, 0.717) is 43.6 Å². The molecule has 2 aromatic carbocycles. The molecular formula is C31H38N4O3. The number of ether oxygens (including phenoxy) is 1. The second-order valence-electron chi connectivity index (χ2n) is 10.4. The number of benzene rings is 2. The molecule has 5 rings (SSSR count). The molecule has 2 aromatic rings. The highest BCUT2D eigenvalue weighted by atomic mass is 16.5. The molecule has 0 bridgehead atoms. The largest absolute Gasteiger partial charge is 0.489 e. The molecule has 3 heterocycles. The third-order valence-corrected chi connectivity index (χ3v) is 7.86. The minimum atomic E-state index is -0.515. The summed E-state index contributed by atoms with van der Waals surface area (Å²) < 4.78 is 6.04. The Morgan fingerprint density at radius 2 is 1.92 bits per heavy atom. The maximum Gasteiger partial charge on any atom is 0.322 e. The summed E-state index contributed by atoms with van der Waals surface area (Å²) in [6, 6.07) is 17.6. The summed E-state index contributed by atoms with van der Waals surface area (Å²) in [5.41, 5.74) is 3.35. The molecule has 3 amide bonds. The lowest BCUT2D eigenvalue weighted by Gasteiger charge is -2.33. The van der Waals surface area contributed by atoms with Crippen molar-refractivity contribution in [1.82, 2.24) is 20.0 Å². The van der Waals surface area contributed by atoms with E-state index in [2.05, 4.69) is 23.7 Å². The average Bonchev–Trinajstić information content (AvgIpc) is 3.26. The Labute approximate surface area is 225 Å². The highest BCUT2D eigenvalue weighted by molar-refractivity contribution is 6.01. The molecule has 0 aromatic heterocycles. The van der Waals surface area contributed by atoms with Crippen LogP contribution >= 0.6 is 0 Å². The van der Waals surface area contributed by atoms with E-state index in [1.165, 1.54) is 19.3 Å². The summed E-state index contributed by atoms with van der Waals surface area (Å²) in [4.78, 5) is 33.0. The first-order chi connectivity index (χ1) is 18.5. The van der Waals surface area contributed by atoms with Crippen LogP contribution in [0.25, 0.3) is 0 Å². The number of piperidine rings is 1. The van der Waals surface area contributed by atoms with Crippen LogP contribution in [0, 0.1) is 0 Å². The molecule has 7 nitrogen and oxygen atoms in total. The van der Waals surface area contributed by atoms with E-state index >= 15 is 0 Å². The molecule has 200 valence electrons. The van der Waals surface area contributed by atoms with Crippen molar-refractivity contribution in [3.8, 4) is 5.75 Å². The number of hydrogen-bond donors (Lipinski definition) is 1. The number of nitrogens with zero attached hydrogens (tertiary/aromatic N) is 3. The van der Waals surface area contributed by atoms with Gasteiger partial charge in [0.15, 0.2) is 0 Å². The Bertz CT molecular complexity index is 1190. The second kappa shape index (κ2) is 11.9. The average molecular weight is 515 g/mol. The Morgan fingerprint density at radius 1 is 1.08 bits per heavy atom. The van der Waals surface area contributed by atoms with Crippen molar-refractivity contribution < 1.29 is 14.3 Å². The number of urea groups is 1. The number of amides is 3. The van der Waals surface area contributed by atoms with Crippen molar-refractivity contribution in [3.05, 3.63) is 89.6 Å². The predicted molar refractivity (Wildman–Crippen MR) is 149 cm³/mol. The van der Waals surface area contributed by atoms with Crippen LogP contribution in [0.2, 0.25) is 0 Å². The van der Waals surface area contributed by atoms with E-state index in [0.717, 1.165) is 36.3 Å². The predicted octanol–water partition coefficient (Wildman–Crippen LogP) is 4.88. The summed E-state index contributed by atoms with van der Waals surface area (Å²) >= 11 is 0. The lowest BCUT2D eigenvalue weighted by molar-refractivity contribution is -0.125. The molecular weight excluding hydrogens is 476 g/mol. The van der Waals surface area contributed by atoms with E-state index in [1.54, 1.807) is 11.0 Å².